The summed E-state index contributed by atoms with van der Waals surface area (Å²) in [6.07, 6.45) is 2.96. The first-order valence-corrected chi connectivity index (χ1v) is 7.60. The largest absolute Gasteiger partial charge is 0.352 e. The zero-order valence-electron chi connectivity index (χ0n) is 12.9. The Morgan fingerprint density at radius 2 is 2.00 bits per heavy atom. The fourth-order valence-electron chi connectivity index (χ4n) is 2.39. The first-order chi connectivity index (χ1) is 10.2. The Morgan fingerprint density at radius 3 is 2.64 bits per heavy atom. The van der Waals surface area contributed by atoms with E-state index in [2.05, 4.69) is 16.0 Å². The summed E-state index contributed by atoms with van der Waals surface area (Å²) in [5.74, 6) is -0.250. The van der Waals surface area contributed by atoms with Crippen molar-refractivity contribution in [1.82, 2.24) is 16.0 Å². The molecule has 2 rings (SSSR count). The van der Waals surface area contributed by atoms with Crippen molar-refractivity contribution in [2.75, 3.05) is 19.6 Å². The van der Waals surface area contributed by atoms with Crippen LogP contribution in [0, 0.1) is 0 Å². The van der Waals surface area contributed by atoms with Gasteiger partial charge in [-0.1, -0.05) is 13.0 Å². The van der Waals surface area contributed by atoms with Crippen molar-refractivity contribution < 1.29 is 9.59 Å². The van der Waals surface area contributed by atoms with Gasteiger partial charge in [-0.2, -0.15) is 0 Å². The highest BCUT2D eigenvalue weighted by atomic mass is 35.5. The molecule has 2 amide bonds. The van der Waals surface area contributed by atoms with E-state index in [0.717, 1.165) is 32.4 Å². The zero-order chi connectivity index (χ0) is 15.1. The highest BCUT2D eigenvalue weighted by Gasteiger charge is 2.17. The monoisotopic (exact) mass is 325 g/mol. The van der Waals surface area contributed by atoms with Gasteiger partial charge in [-0.3, -0.25) is 9.59 Å². The Balaban J connectivity index is 0.00000242. The second-order valence-corrected chi connectivity index (χ2v) is 5.35. The summed E-state index contributed by atoms with van der Waals surface area (Å²) >= 11 is 0. The quantitative estimate of drug-likeness (QED) is 0.772. The second kappa shape index (κ2) is 9.43. The number of nitrogens with one attached hydrogen (secondary N) is 3. The first-order valence-electron chi connectivity index (χ1n) is 7.60. The van der Waals surface area contributed by atoms with Crippen molar-refractivity contribution in [1.29, 1.82) is 0 Å². The minimum absolute atomic E-state index is 0. The summed E-state index contributed by atoms with van der Waals surface area (Å²) in [5.41, 5.74) is 1.06. The molecule has 1 heterocycles. The first kappa shape index (κ1) is 18.5. The zero-order valence-corrected chi connectivity index (χ0v) is 13.7. The molecule has 3 N–H and O–H groups in total. The average Bonchev–Trinajstić information content (AvgIpc) is 2.53. The molecule has 1 atom stereocenters. The summed E-state index contributed by atoms with van der Waals surface area (Å²) in [6.45, 7) is 4.47. The van der Waals surface area contributed by atoms with Crippen molar-refractivity contribution in [2.45, 2.75) is 32.2 Å². The van der Waals surface area contributed by atoms with Crippen LogP contribution in [0.3, 0.4) is 0 Å². The fraction of sp³-hybridized carbons (Fsp3) is 0.500. The summed E-state index contributed by atoms with van der Waals surface area (Å²) in [4.78, 5) is 24.1. The van der Waals surface area contributed by atoms with Crippen LogP contribution in [-0.4, -0.2) is 37.5 Å². The highest BCUT2D eigenvalue weighted by molar-refractivity contribution is 5.99. The summed E-state index contributed by atoms with van der Waals surface area (Å²) < 4.78 is 0. The van der Waals surface area contributed by atoms with Crippen molar-refractivity contribution in [2.24, 2.45) is 0 Å². The number of hydrogen-bond donors (Lipinski definition) is 3. The third kappa shape index (κ3) is 5.31. The third-order valence-corrected chi connectivity index (χ3v) is 3.55. The minimum Gasteiger partial charge on any atom is -0.352 e. The predicted molar refractivity (Wildman–Crippen MR) is 89.7 cm³/mol. The lowest BCUT2D eigenvalue weighted by Crippen LogP contribution is -2.45. The van der Waals surface area contributed by atoms with Gasteiger partial charge in [-0.05, 0) is 44.0 Å². The van der Waals surface area contributed by atoms with Crippen molar-refractivity contribution in [3.8, 4) is 0 Å². The smallest absolute Gasteiger partial charge is 0.251 e. The lowest BCUT2D eigenvalue weighted by atomic mass is 10.1. The maximum atomic E-state index is 12.2. The van der Waals surface area contributed by atoms with Crippen molar-refractivity contribution in [3.63, 3.8) is 0 Å². The van der Waals surface area contributed by atoms with E-state index in [1.165, 1.54) is 0 Å². The van der Waals surface area contributed by atoms with Crippen LogP contribution in [0.25, 0.3) is 0 Å². The predicted octanol–water partition coefficient (Wildman–Crippen LogP) is 1.73. The highest BCUT2D eigenvalue weighted by Crippen LogP contribution is 2.08. The molecule has 122 valence electrons. The van der Waals surface area contributed by atoms with Crippen LogP contribution in [0.2, 0.25) is 0 Å². The van der Waals surface area contributed by atoms with Crippen molar-refractivity contribution >= 4 is 24.2 Å². The molecule has 0 spiro atoms. The van der Waals surface area contributed by atoms with E-state index in [0.29, 0.717) is 17.7 Å². The van der Waals surface area contributed by atoms with Crippen LogP contribution in [0.1, 0.15) is 46.9 Å². The second-order valence-electron chi connectivity index (χ2n) is 5.35. The molecular formula is C16H24ClN3O2. The molecule has 1 aromatic rings. The molecule has 1 fully saturated rings. The molecule has 0 radical (unpaired) electrons. The number of carbonyl (C=O) groups is 2. The third-order valence-electron chi connectivity index (χ3n) is 3.55. The van der Waals surface area contributed by atoms with E-state index >= 15 is 0 Å². The summed E-state index contributed by atoms with van der Waals surface area (Å²) in [7, 11) is 0. The van der Waals surface area contributed by atoms with E-state index in [4.69, 9.17) is 0 Å². The topological polar surface area (TPSA) is 70.2 Å². The SMILES string of the molecule is CCCNC(=O)c1cccc(C(=O)N[C@H]2CCCNC2)c1.Cl. The molecule has 6 heteroatoms. The van der Waals surface area contributed by atoms with Gasteiger partial charge in [-0.25, -0.2) is 0 Å². The summed E-state index contributed by atoms with van der Waals surface area (Å²) in [5, 5.41) is 9.09. The van der Waals surface area contributed by atoms with Gasteiger partial charge >= 0.3 is 0 Å². The van der Waals surface area contributed by atoms with Gasteiger partial charge in [0.05, 0.1) is 0 Å². The fourth-order valence-corrected chi connectivity index (χ4v) is 2.39. The maximum Gasteiger partial charge on any atom is 0.251 e. The maximum absolute atomic E-state index is 12.2. The number of hydrogen-bond acceptors (Lipinski definition) is 3. The van der Waals surface area contributed by atoms with Crippen LogP contribution in [0.15, 0.2) is 24.3 Å². The molecule has 22 heavy (non-hydrogen) atoms. The molecule has 1 aliphatic rings. The van der Waals surface area contributed by atoms with Crippen LogP contribution in [-0.2, 0) is 0 Å². The van der Waals surface area contributed by atoms with E-state index < -0.39 is 0 Å². The number of benzene rings is 1. The van der Waals surface area contributed by atoms with Gasteiger partial charge in [0, 0.05) is 30.3 Å². The Bertz CT molecular complexity index is 502. The number of amides is 2. The van der Waals surface area contributed by atoms with E-state index in [9.17, 15) is 9.59 Å². The van der Waals surface area contributed by atoms with Gasteiger partial charge in [0.15, 0.2) is 0 Å². The molecule has 5 nitrogen and oxygen atoms in total. The van der Waals surface area contributed by atoms with Gasteiger partial charge in [0.1, 0.15) is 0 Å². The van der Waals surface area contributed by atoms with Crippen molar-refractivity contribution in [3.05, 3.63) is 35.4 Å². The molecule has 0 bridgehead atoms. The van der Waals surface area contributed by atoms with Crippen LogP contribution < -0.4 is 16.0 Å². The number of carbonyl (C=O) groups excluding carboxylic acids is 2. The standard InChI is InChI=1S/C16H23N3O2.ClH/c1-2-8-18-15(20)12-5-3-6-13(10-12)16(21)19-14-7-4-9-17-11-14;/h3,5-6,10,14,17H,2,4,7-9,11H2,1H3,(H,18,20)(H,19,21);1H/t14-;/m0./s1. The van der Waals surface area contributed by atoms with Gasteiger partial charge in [0.25, 0.3) is 11.8 Å². The molecule has 0 aromatic heterocycles. The molecule has 1 aromatic carbocycles. The minimum atomic E-state index is -0.133. The van der Waals surface area contributed by atoms with E-state index in [1.807, 2.05) is 6.92 Å². The molecule has 1 aliphatic heterocycles. The lowest BCUT2D eigenvalue weighted by Gasteiger charge is -2.23. The average molecular weight is 326 g/mol. The molecule has 0 saturated carbocycles. The number of halogens is 1. The Hall–Kier alpha value is -1.59. The summed E-state index contributed by atoms with van der Waals surface area (Å²) in [6, 6.07) is 7.03. The molecule has 1 saturated heterocycles. The van der Waals surface area contributed by atoms with Gasteiger partial charge in [0.2, 0.25) is 0 Å². The van der Waals surface area contributed by atoms with Crippen LogP contribution >= 0.6 is 12.4 Å². The van der Waals surface area contributed by atoms with Crippen LogP contribution in [0.4, 0.5) is 0 Å². The normalized spacial score (nSPS) is 17.2. The lowest BCUT2D eigenvalue weighted by molar-refractivity contribution is 0.0930. The Kier molecular flexibility index (Phi) is 7.91. The Labute approximate surface area is 137 Å². The molecular weight excluding hydrogens is 302 g/mol. The van der Waals surface area contributed by atoms with E-state index in [-0.39, 0.29) is 30.3 Å². The number of piperidine rings is 1. The van der Waals surface area contributed by atoms with Gasteiger partial charge < -0.3 is 16.0 Å². The molecule has 0 aliphatic carbocycles. The van der Waals surface area contributed by atoms with Gasteiger partial charge in [-0.15, -0.1) is 12.4 Å². The van der Waals surface area contributed by atoms with Crippen LogP contribution in [0.5, 0.6) is 0 Å². The Morgan fingerprint density at radius 1 is 1.27 bits per heavy atom. The van der Waals surface area contributed by atoms with E-state index in [1.54, 1.807) is 24.3 Å². The number of rotatable bonds is 5. The molecule has 0 unspecified atom stereocenters.